The second kappa shape index (κ2) is 9.96. The molecule has 0 aliphatic carbocycles. The summed E-state index contributed by atoms with van der Waals surface area (Å²) in [6.45, 7) is 4.21. The van der Waals surface area contributed by atoms with Gasteiger partial charge < -0.3 is 15.5 Å². The van der Waals surface area contributed by atoms with Gasteiger partial charge in [0.15, 0.2) is 0 Å². The minimum atomic E-state index is -0.691. The number of carbonyl (C=O) groups is 2. The first kappa shape index (κ1) is 22.1. The molecule has 7 heteroatoms. The summed E-state index contributed by atoms with van der Waals surface area (Å²) in [6, 6.07) is 13.6. The Morgan fingerprint density at radius 1 is 1.07 bits per heavy atom. The van der Waals surface area contributed by atoms with Gasteiger partial charge in [-0.05, 0) is 68.2 Å². The van der Waals surface area contributed by atoms with Gasteiger partial charge in [0.1, 0.15) is 0 Å². The summed E-state index contributed by atoms with van der Waals surface area (Å²) in [4.78, 5) is 29.3. The van der Waals surface area contributed by atoms with Gasteiger partial charge in [-0.2, -0.15) is 0 Å². The zero-order chi connectivity index (χ0) is 21.7. The maximum atomic E-state index is 12.5. The van der Waals surface area contributed by atoms with Crippen molar-refractivity contribution < 1.29 is 9.59 Å². The van der Waals surface area contributed by atoms with Crippen molar-refractivity contribution in [1.29, 1.82) is 0 Å². The number of amides is 2. The first-order chi connectivity index (χ1) is 14.3. The van der Waals surface area contributed by atoms with Crippen molar-refractivity contribution in [2.75, 3.05) is 43.9 Å². The number of rotatable bonds is 6. The summed E-state index contributed by atoms with van der Waals surface area (Å²) in [6.07, 6.45) is 2.30. The Balaban J connectivity index is 1.66. The van der Waals surface area contributed by atoms with Gasteiger partial charge >= 0.3 is 11.8 Å². The maximum absolute atomic E-state index is 12.5. The van der Waals surface area contributed by atoms with E-state index in [1.807, 2.05) is 21.0 Å². The van der Waals surface area contributed by atoms with Crippen molar-refractivity contribution in [2.45, 2.75) is 25.8 Å². The summed E-state index contributed by atoms with van der Waals surface area (Å²) in [7, 11) is 4.01. The molecule has 0 aromatic heterocycles. The number of hydrogen-bond acceptors (Lipinski definition) is 4. The topological polar surface area (TPSA) is 64.7 Å². The third kappa shape index (κ3) is 5.52. The van der Waals surface area contributed by atoms with Crippen LogP contribution >= 0.6 is 11.6 Å². The third-order valence-electron chi connectivity index (χ3n) is 5.49. The summed E-state index contributed by atoms with van der Waals surface area (Å²) >= 11 is 5.99. The van der Waals surface area contributed by atoms with Gasteiger partial charge in [0, 0.05) is 37.0 Å². The Hall–Kier alpha value is -2.57. The quantitative estimate of drug-likeness (QED) is 0.690. The summed E-state index contributed by atoms with van der Waals surface area (Å²) in [5.74, 6) is -1.34. The molecule has 0 unspecified atom stereocenters. The molecule has 1 aliphatic rings. The van der Waals surface area contributed by atoms with Gasteiger partial charge in [0.25, 0.3) is 0 Å². The monoisotopic (exact) mass is 428 g/mol. The lowest BCUT2D eigenvalue weighted by Crippen LogP contribution is -2.41. The number of nitrogens with one attached hydrogen (secondary N) is 2. The van der Waals surface area contributed by atoms with Crippen LogP contribution in [-0.4, -0.2) is 50.4 Å². The fourth-order valence-corrected chi connectivity index (χ4v) is 3.86. The van der Waals surface area contributed by atoms with Crippen LogP contribution in [0.15, 0.2) is 42.5 Å². The molecule has 2 amide bonds. The molecule has 1 fully saturated rings. The second-order valence-electron chi connectivity index (χ2n) is 7.87. The maximum Gasteiger partial charge on any atom is 0.313 e. The molecule has 160 valence electrons. The van der Waals surface area contributed by atoms with E-state index in [1.165, 1.54) is 0 Å². The molecule has 2 aromatic carbocycles. The lowest BCUT2D eigenvalue weighted by Gasteiger charge is -2.28. The molecule has 2 N–H and O–H groups in total. The van der Waals surface area contributed by atoms with E-state index < -0.39 is 11.8 Å². The smallest absolute Gasteiger partial charge is 0.313 e. The first-order valence-corrected chi connectivity index (χ1v) is 10.6. The number of nitrogens with zero attached hydrogens (tertiary/aromatic N) is 2. The van der Waals surface area contributed by atoms with E-state index in [1.54, 1.807) is 18.2 Å². The molecule has 0 spiro atoms. The van der Waals surface area contributed by atoms with Crippen LogP contribution in [0.5, 0.6) is 0 Å². The molecular formula is C23H29ClN4O2. The number of likely N-dealkylation sites (tertiary alicyclic amines) is 1. The van der Waals surface area contributed by atoms with E-state index in [0.717, 1.165) is 42.7 Å². The predicted molar refractivity (Wildman–Crippen MR) is 122 cm³/mol. The van der Waals surface area contributed by atoms with E-state index >= 15 is 0 Å². The zero-order valence-corrected chi connectivity index (χ0v) is 18.5. The van der Waals surface area contributed by atoms with Crippen molar-refractivity contribution in [1.82, 2.24) is 10.2 Å². The van der Waals surface area contributed by atoms with Crippen LogP contribution in [0.3, 0.4) is 0 Å². The number of halogens is 1. The van der Waals surface area contributed by atoms with Crippen LogP contribution < -0.4 is 15.5 Å². The number of benzene rings is 2. The zero-order valence-electron chi connectivity index (χ0n) is 17.7. The highest BCUT2D eigenvalue weighted by atomic mass is 35.5. The summed E-state index contributed by atoms with van der Waals surface area (Å²) in [5.41, 5.74) is 3.64. The Morgan fingerprint density at radius 2 is 1.73 bits per heavy atom. The van der Waals surface area contributed by atoms with Crippen molar-refractivity contribution >= 4 is 34.8 Å². The molecule has 6 nitrogen and oxygen atoms in total. The Morgan fingerprint density at radius 3 is 2.37 bits per heavy atom. The van der Waals surface area contributed by atoms with Crippen molar-refractivity contribution in [3.05, 3.63) is 58.6 Å². The number of anilines is 2. The van der Waals surface area contributed by atoms with E-state index in [4.69, 9.17) is 11.6 Å². The summed E-state index contributed by atoms with van der Waals surface area (Å²) < 4.78 is 0. The average Bonchev–Trinajstić information content (AvgIpc) is 3.25. The highest BCUT2D eigenvalue weighted by molar-refractivity contribution is 6.40. The largest absolute Gasteiger partial charge is 0.378 e. The highest BCUT2D eigenvalue weighted by Gasteiger charge is 2.25. The highest BCUT2D eigenvalue weighted by Crippen LogP contribution is 2.26. The SMILES string of the molecule is Cc1ccc(Cl)cc1NC(=O)C(=O)NC[C@@H](c1ccc(N(C)C)cc1)N1CCCC1. The molecule has 1 aliphatic heterocycles. The van der Waals surface area contributed by atoms with Crippen LogP contribution in [0.2, 0.25) is 5.02 Å². The Labute approximate surface area is 183 Å². The molecule has 1 heterocycles. The lowest BCUT2D eigenvalue weighted by molar-refractivity contribution is -0.136. The third-order valence-corrected chi connectivity index (χ3v) is 5.72. The van der Waals surface area contributed by atoms with Crippen LogP contribution in [0, 0.1) is 6.92 Å². The molecule has 1 atom stereocenters. The summed E-state index contributed by atoms with van der Waals surface area (Å²) in [5, 5.41) is 5.97. The molecule has 3 rings (SSSR count). The number of hydrogen-bond donors (Lipinski definition) is 2. The number of aryl methyl sites for hydroxylation is 1. The molecule has 2 aromatic rings. The van der Waals surface area contributed by atoms with E-state index in [0.29, 0.717) is 17.3 Å². The molecule has 0 radical (unpaired) electrons. The van der Waals surface area contributed by atoms with Gasteiger partial charge in [-0.1, -0.05) is 29.8 Å². The second-order valence-corrected chi connectivity index (χ2v) is 8.30. The van der Waals surface area contributed by atoms with Crippen molar-refractivity contribution in [3.63, 3.8) is 0 Å². The van der Waals surface area contributed by atoms with E-state index in [9.17, 15) is 9.59 Å². The van der Waals surface area contributed by atoms with Gasteiger partial charge in [0.05, 0.1) is 6.04 Å². The Bertz CT molecular complexity index is 893. The Kier molecular flexibility index (Phi) is 7.34. The van der Waals surface area contributed by atoms with Gasteiger partial charge in [-0.3, -0.25) is 14.5 Å². The van der Waals surface area contributed by atoms with E-state index in [-0.39, 0.29) is 6.04 Å². The lowest BCUT2D eigenvalue weighted by atomic mass is 10.0. The minimum Gasteiger partial charge on any atom is -0.378 e. The van der Waals surface area contributed by atoms with Gasteiger partial charge in [-0.25, -0.2) is 0 Å². The fraction of sp³-hybridized carbons (Fsp3) is 0.391. The van der Waals surface area contributed by atoms with Crippen LogP contribution in [-0.2, 0) is 9.59 Å². The van der Waals surface area contributed by atoms with Gasteiger partial charge in [0.2, 0.25) is 0 Å². The first-order valence-electron chi connectivity index (χ1n) is 10.2. The van der Waals surface area contributed by atoms with Crippen LogP contribution in [0.1, 0.15) is 30.0 Å². The van der Waals surface area contributed by atoms with Crippen molar-refractivity contribution in [3.8, 4) is 0 Å². The predicted octanol–water partition coefficient (Wildman–Crippen LogP) is 3.61. The molecule has 0 bridgehead atoms. The normalized spacial score (nSPS) is 14.9. The average molecular weight is 429 g/mol. The molecule has 0 saturated carbocycles. The van der Waals surface area contributed by atoms with Crippen molar-refractivity contribution in [2.24, 2.45) is 0 Å². The minimum absolute atomic E-state index is 0.0355. The molecule has 30 heavy (non-hydrogen) atoms. The van der Waals surface area contributed by atoms with Crippen LogP contribution in [0.25, 0.3) is 0 Å². The molecule has 1 saturated heterocycles. The van der Waals surface area contributed by atoms with E-state index in [2.05, 4.69) is 44.7 Å². The number of carbonyl (C=O) groups excluding carboxylic acids is 2. The van der Waals surface area contributed by atoms with Gasteiger partial charge in [-0.15, -0.1) is 0 Å². The van der Waals surface area contributed by atoms with Crippen LogP contribution in [0.4, 0.5) is 11.4 Å². The molecular weight excluding hydrogens is 400 g/mol. The standard InChI is InChI=1S/C23H29ClN4O2/c1-16-6-9-18(24)14-20(16)26-23(30)22(29)25-15-21(28-12-4-5-13-28)17-7-10-19(11-8-17)27(2)3/h6-11,14,21H,4-5,12-13,15H2,1-3H3,(H,25,29)(H,26,30)/t21-/m0/s1. The fourth-order valence-electron chi connectivity index (χ4n) is 3.68.